The van der Waals surface area contributed by atoms with Gasteiger partial charge in [0.25, 0.3) is 0 Å². The number of aromatic nitrogens is 2. The third-order valence-electron chi connectivity index (χ3n) is 17.5. The van der Waals surface area contributed by atoms with Crippen molar-refractivity contribution in [1.29, 1.82) is 0 Å². The number of fused-ring (bicyclic) bond motifs is 8. The maximum Gasteiger partial charge on any atom is 0.135 e. The molecule has 0 N–H and O–H groups in total. The zero-order valence-corrected chi connectivity index (χ0v) is 51.8. The minimum absolute atomic E-state index is 0. The van der Waals surface area contributed by atoms with Crippen molar-refractivity contribution in [2.75, 3.05) is 9.80 Å². The fourth-order valence-electron chi connectivity index (χ4n) is 13.3. The van der Waals surface area contributed by atoms with Crippen LogP contribution >= 0.6 is 0 Å². The number of nitrogens with zero attached hydrogens (tertiary/aromatic N) is 4. The molecule has 3 aliphatic rings. The molecule has 11 aromatic rings. The average Bonchev–Trinajstić information content (AvgIpc) is 1.56. The zero-order chi connectivity index (χ0) is 56.8. The van der Waals surface area contributed by atoms with Crippen LogP contribution in [0.4, 0.5) is 22.7 Å². The molecular formula is C77H69N4OPt-3. The van der Waals surface area contributed by atoms with Crippen LogP contribution in [0.5, 0.6) is 11.5 Å². The molecule has 5 nitrogen and oxygen atoms in total. The molecule has 1 aliphatic heterocycles. The summed E-state index contributed by atoms with van der Waals surface area (Å²) in [6.07, 6.45) is 1.95. The first-order valence-corrected chi connectivity index (χ1v) is 29.0. The van der Waals surface area contributed by atoms with E-state index in [2.05, 4.69) is 298 Å². The van der Waals surface area contributed by atoms with Crippen LogP contribution in [0.1, 0.15) is 128 Å². The van der Waals surface area contributed by atoms with Crippen molar-refractivity contribution in [3.05, 3.63) is 258 Å². The van der Waals surface area contributed by atoms with Crippen molar-refractivity contribution < 1.29 is 25.8 Å². The summed E-state index contributed by atoms with van der Waals surface area (Å²) < 4.78 is 9.53. The SMILES string of the molecule is CC(C)(C)c1cccc(-c2cccc(-c3cc(C(C)(C)C)cc(C(C)(C)C)c3)c2N2[CH-]N(c3[c-]c(Oc4[c-]c5c6c(c4)C4(c7ccccc7-c7ccccc74)c4cccc(c46)n5-c4cc(C(C)(C)C)ccn4)ccc3)c3ccccc32)c1.[Pt]. The molecule has 0 fully saturated rings. The predicted molar refractivity (Wildman–Crippen MR) is 341 cm³/mol. The summed E-state index contributed by atoms with van der Waals surface area (Å²) in [7, 11) is 0. The van der Waals surface area contributed by atoms with Gasteiger partial charge in [-0.15, -0.1) is 48.3 Å². The van der Waals surface area contributed by atoms with E-state index in [4.69, 9.17) is 9.72 Å². The first-order chi connectivity index (χ1) is 39.2. The van der Waals surface area contributed by atoms with Gasteiger partial charge in [0.2, 0.25) is 0 Å². The van der Waals surface area contributed by atoms with Crippen molar-refractivity contribution in [2.45, 2.75) is 110 Å². The van der Waals surface area contributed by atoms with Gasteiger partial charge in [0.1, 0.15) is 5.82 Å². The van der Waals surface area contributed by atoms with E-state index >= 15 is 0 Å². The van der Waals surface area contributed by atoms with Crippen LogP contribution in [0.15, 0.2) is 194 Å². The van der Waals surface area contributed by atoms with Crippen molar-refractivity contribution in [3.63, 3.8) is 0 Å². The number of ether oxygens (including phenoxy) is 1. The van der Waals surface area contributed by atoms with Gasteiger partial charge in [0.05, 0.1) is 0 Å². The van der Waals surface area contributed by atoms with Crippen molar-refractivity contribution in [2.24, 2.45) is 0 Å². The van der Waals surface area contributed by atoms with Crippen LogP contribution in [0, 0.1) is 18.8 Å². The number of rotatable bonds is 7. The van der Waals surface area contributed by atoms with Gasteiger partial charge in [-0.1, -0.05) is 227 Å². The molecule has 0 unspecified atom stereocenters. The Morgan fingerprint density at radius 3 is 1.64 bits per heavy atom. The molecule has 0 radical (unpaired) electrons. The Hall–Kier alpha value is -7.98. The van der Waals surface area contributed by atoms with Gasteiger partial charge in [-0.2, -0.15) is 6.07 Å². The summed E-state index contributed by atoms with van der Waals surface area (Å²) in [5.74, 6) is 2.06. The van der Waals surface area contributed by atoms with E-state index < -0.39 is 5.41 Å². The second kappa shape index (κ2) is 19.3. The monoisotopic (exact) mass is 1260 g/mol. The van der Waals surface area contributed by atoms with E-state index in [9.17, 15) is 0 Å². The smallest absolute Gasteiger partial charge is 0.135 e. The largest absolute Gasteiger partial charge is 0.509 e. The van der Waals surface area contributed by atoms with Crippen molar-refractivity contribution in [1.82, 2.24) is 9.55 Å². The number of anilines is 4. The third-order valence-corrected chi connectivity index (χ3v) is 17.5. The fourth-order valence-corrected chi connectivity index (χ4v) is 13.3. The summed E-state index contributed by atoms with van der Waals surface area (Å²) in [4.78, 5) is 9.76. The van der Waals surface area contributed by atoms with Gasteiger partial charge in [0.15, 0.2) is 0 Å². The molecule has 6 heteroatoms. The molecule has 0 bridgehead atoms. The number of hydrogen-bond donors (Lipinski definition) is 0. The van der Waals surface area contributed by atoms with Crippen LogP contribution in [-0.4, -0.2) is 9.55 Å². The predicted octanol–water partition coefficient (Wildman–Crippen LogP) is 20.2. The molecule has 3 heterocycles. The average molecular weight is 1260 g/mol. The number of benzene rings is 9. The maximum absolute atomic E-state index is 7.23. The van der Waals surface area contributed by atoms with Gasteiger partial charge < -0.3 is 19.1 Å². The molecule has 2 aliphatic carbocycles. The van der Waals surface area contributed by atoms with Crippen LogP contribution in [-0.2, 0) is 48.1 Å². The van der Waals surface area contributed by atoms with Crippen molar-refractivity contribution in [3.8, 4) is 50.7 Å². The second-order valence-corrected chi connectivity index (χ2v) is 27.0. The Morgan fingerprint density at radius 1 is 0.434 bits per heavy atom. The molecule has 9 aromatic carbocycles. The van der Waals surface area contributed by atoms with E-state index in [0.717, 1.165) is 50.7 Å². The van der Waals surface area contributed by atoms with Gasteiger partial charge in [-0.25, -0.2) is 4.98 Å². The molecule has 14 rings (SSSR count). The summed E-state index contributed by atoms with van der Waals surface area (Å²) in [5.41, 5.74) is 22.7. The molecule has 0 amide bonds. The number of pyridine rings is 1. The Balaban J connectivity index is 0.00000645. The molecule has 1 spiro atoms. The molecule has 83 heavy (non-hydrogen) atoms. The zero-order valence-electron chi connectivity index (χ0n) is 49.6. The quantitative estimate of drug-likeness (QED) is 0.149. The number of hydrogen-bond acceptors (Lipinski definition) is 4. The summed E-state index contributed by atoms with van der Waals surface area (Å²) in [6.45, 7) is 29.8. The molecule has 0 saturated carbocycles. The van der Waals surface area contributed by atoms with Crippen molar-refractivity contribution >= 4 is 44.6 Å². The van der Waals surface area contributed by atoms with E-state index in [1.807, 2.05) is 12.3 Å². The summed E-state index contributed by atoms with van der Waals surface area (Å²) in [5, 5.41) is 2.41. The standard InChI is InChI=1S/C77H69N4O.Pt/c1-73(2,3)50-24-19-23-48(39-50)57-29-21-30-58(49-40-52(75(7,8)9)42-53(41-49)76(10,11)12)72(57)80-47-79(65-34-17-18-35-66(65)80)54-25-20-26-55(44-54)82-56-45-64-71-68(46-56)81(69-43-51(37-38-78-69)74(4,5)6)67-36-22-33-63(70(67)71)77(64)61-31-15-13-27-59(61)60-28-14-16-32-62(60)77;/h13-43,45,47H,1-12H3;/q-3;. The van der Waals surface area contributed by atoms with Crippen LogP contribution in [0.25, 0.3) is 61.0 Å². The van der Waals surface area contributed by atoms with Gasteiger partial charge in [0, 0.05) is 77.9 Å². The van der Waals surface area contributed by atoms with E-state index in [-0.39, 0.29) is 42.7 Å². The topological polar surface area (TPSA) is 33.5 Å². The molecular weight excluding hydrogens is 1190 g/mol. The first kappa shape index (κ1) is 54.3. The molecule has 0 saturated heterocycles. The second-order valence-electron chi connectivity index (χ2n) is 27.0. The summed E-state index contributed by atoms with van der Waals surface area (Å²) >= 11 is 0. The number of para-hydroxylation sites is 3. The minimum atomic E-state index is -0.572. The van der Waals surface area contributed by atoms with Crippen LogP contribution in [0.2, 0.25) is 0 Å². The van der Waals surface area contributed by atoms with E-state index in [0.29, 0.717) is 11.5 Å². The maximum atomic E-state index is 7.23. The fraction of sp³-hybridized carbons (Fsp3) is 0.221. The Morgan fingerprint density at radius 2 is 0.976 bits per heavy atom. The Bertz CT molecular complexity index is 4340. The van der Waals surface area contributed by atoms with Gasteiger partial charge >= 0.3 is 0 Å². The first-order valence-electron chi connectivity index (χ1n) is 29.0. The third kappa shape index (κ3) is 8.62. The molecule has 416 valence electrons. The molecule has 0 atom stereocenters. The van der Waals surface area contributed by atoms with Crippen LogP contribution < -0.4 is 14.5 Å². The Labute approximate surface area is 504 Å². The molecule has 2 aromatic heterocycles. The van der Waals surface area contributed by atoms with E-state index in [1.165, 1.54) is 77.5 Å². The normalized spacial score (nSPS) is 14.2. The van der Waals surface area contributed by atoms with Gasteiger partial charge in [-0.05, 0) is 119 Å². The van der Waals surface area contributed by atoms with E-state index in [1.54, 1.807) is 0 Å². The van der Waals surface area contributed by atoms with Gasteiger partial charge in [-0.3, -0.25) is 0 Å². The Kier molecular flexibility index (Phi) is 12.6. The minimum Gasteiger partial charge on any atom is -0.509 e. The van der Waals surface area contributed by atoms with Crippen LogP contribution in [0.3, 0.4) is 0 Å². The summed E-state index contributed by atoms with van der Waals surface area (Å²) in [6, 6.07) is 77.2.